The molecule has 4 nitrogen and oxygen atoms in total. The highest BCUT2D eigenvalue weighted by atomic mass is 35.5. The van der Waals surface area contributed by atoms with Gasteiger partial charge in [0.25, 0.3) is 0 Å². The van der Waals surface area contributed by atoms with Crippen LogP contribution in [0, 0.1) is 0 Å². The van der Waals surface area contributed by atoms with Crippen molar-refractivity contribution in [3.63, 3.8) is 0 Å². The second kappa shape index (κ2) is 8.42. The number of fused-ring (bicyclic) bond motifs is 2. The van der Waals surface area contributed by atoms with E-state index in [-0.39, 0.29) is 12.0 Å². The summed E-state index contributed by atoms with van der Waals surface area (Å²) in [5.74, 6) is -0.0217. The van der Waals surface area contributed by atoms with Crippen molar-refractivity contribution in [2.45, 2.75) is 26.5 Å². The number of carbonyl (C=O) groups excluding carboxylic acids is 1. The molecule has 1 aliphatic rings. The zero-order chi connectivity index (χ0) is 21.3. The molecule has 1 unspecified atom stereocenters. The van der Waals surface area contributed by atoms with Crippen molar-refractivity contribution in [2.24, 2.45) is 0 Å². The molecule has 2 aromatic carbocycles. The predicted molar refractivity (Wildman–Crippen MR) is 122 cm³/mol. The van der Waals surface area contributed by atoms with Crippen LogP contribution < -0.4 is 4.90 Å². The van der Waals surface area contributed by atoms with E-state index in [9.17, 15) is 4.79 Å². The Morgan fingerprint density at radius 2 is 1.90 bits per heavy atom. The van der Waals surface area contributed by atoms with Gasteiger partial charge in [0.2, 0.25) is 5.91 Å². The summed E-state index contributed by atoms with van der Waals surface area (Å²) in [6, 6.07) is 15.8. The van der Waals surface area contributed by atoms with Crippen molar-refractivity contribution in [1.82, 2.24) is 4.98 Å². The van der Waals surface area contributed by atoms with E-state index in [1.807, 2.05) is 55.6 Å². The third-order valence-electron chi connectivity index (χ3n) is 5.48. The number of aromatic nitrogens is 1. The van der Waals surface area contributed by atoms with E-state index in [1.54, 1.807) is 18.9 Å². The molecule has 0 spiro atoms. The van der Waals surface area contributed by atoms with Crippen LogP contribution in [0.1, 0.15) is 42.2 Å². The molecule has 3 aromatic rings. The molecule has 0 bridgehead atoms. The van der Waals surface area contributed by atoms with Crippen LogP contribution in [0.4, 0.5) is 5.69 Å². The van der Waals surface area contributed by atoms with Gasteiger partial charge in [-0.3, -0.25) is 9.78 Å². The highest BCUT2D eigenvalue weighted by molar-refractivity contribution is 6.30. The molecular formula is C25H23ClN2O2. The average Bonchev–Trinajstić information content (AvgIpc) is 2.74. The Kier molecular flexibility index (Phi) is 5.71. The van der Waals surface area contributed by atoms with Crippen molar-refractivity contribution >= 4 is 35.3 Å². The maximum Gasteiger partial charge on any atom is 0.224 e. The zero-order valence-corrected chi connectivity index (χ0v) is 18.0. The van der Waals surface area contributed by atoms with Gasteiger partial charge in [0.05, 0.1) is 24.0 Å². The number of pyridine rings is 1. The fraction of sp³-hybridized carbons (Fsp3) is 0.200. The summed E-state index contributed by atoms with van der Waals surface area (Å²) in [7, 11) is 1.70. The number of amides is 1. The molecule has 0 radical (unpaired) electrons. The lowest BCUT2D eigenvalue weighted by molar-refractivity contribution is -0.116. The molecular weight excluding hydrogens is 396 g/mol. The Balaban J connectivity index is 1.83. The standard InChI is InChI=1S/C25H23ClN2O2/c1-16(30-3)22-6-4-5-7-23(22)24-13-20-15-28(17(2)29)25-11-10-21(26)12-18(25)8-9-19(20)14-27-24/h4-14,16H,15H2,1-3H3. The van der Waals surface area contributed by atoms with E-state index in [0.29, 0.717) is 11.6 Å². The first-order chi connectivity index (χ1) is 14.5. The quantitative estimate of drug-likeness (QED) is 0.512. The Morgan fingerprint density at radius 3 is 2.67 bits per heavy atom. The van der Waals surface area contributed by atoms with Crippen molar-refractivity contribution in [3.8, 4) is 11.3 Å². The minimum Gasteiger partial charge on any atom is -0.377 e. The smallest absolute Gasteiger partial charge is 0.224 e. The second-order valence-corrected chi connectivity index (χ2v) is 7.81. The average molecular weight is 419 g/mol. The Hall–Kier alpha value is -2.95. The molecule has 30 heavy (non-hydrogen) atoms. The van der Waals surface area contributed by atoms with E-state index in [4.69, 9.17) is 21.3 Å². The number of hydrogen-bond acceptors (Lipinski definition) is 3. The number of rotatable bonds is 3. The van der Waals surface area contributed by atoms with Crippen molar-refractivity contribution in [3.05, 3.63) is 82.0 Å². The summed E-state index contributed by atoms with van der Waals surface area (Å²) in [6.45, 7) is 4.07. The highest BCUT2D eigenvalue weighted by Gasteiger charge is 2.20. The SMILES string of the molecule is COC(C)c1ccccc1-c1cc2c(cn1)C=Cc1cc(Cl)ccc1N(C(C)=O)C2. The Morgan fingerprint density at radius 1 is 1.13 bits per heavy atom. The van der Waals surface area contributed by atoms with Crippen LogP contribution >= 0.6 is 11.6 Å². The highest BCUT2D eigenvalue weighted by Crippen LogP contribution is 2.33. The third kappa shape index (κ3) is 3.89. The maximum atomic E-state index is 12.5. The van der Waals surface area contributed by atoms with Gasteiger partial charge < -0.3 is 9.64 Å². The molecule has 0 saturated carbocycles. The van der Waals surface area contributed by atoms with Gasteiger partial charge in [-0.2, -0.15) is 0 Å². The number of nitrogens with zero attached hydrogens (tertiary/aromatic N) is 2. The number of anilines is 1. The van der Waals surface area contributed by atoms with Crippen molar-refractivity contribution in [2.75, 3.05) is 12.0 Å². The Labute approximate surface area is 181 Å². The lowest BCUT2D eigenvalue weighted by Crippen LogP contribution is -2.29. The molecule has 0 aliphatic carbocycles. The first-order valence-electron chi connectivity index (χ1n) is 9.84. The van der Waals surface area contributed by atoms with E-state index >= 15 is 0 Å². The van der Waals surface area contributed by atoms with E-state index in [0.717, 1.165) is 39.2 Å². The first-order valence-corrected chi connectivity index (χ1v) is 10.2. The molecule has 0 fully saturated rings. The summed E-state index contributed by atoms with van der Waals surface area (Å²) in [5.41, 5.74) is 6.74. The van der Waals surface area contributed by atoms with Gasteiger partial charge in [0, 0.05) is 30.8 Å². The second-order valence-electron chi connectivity index (χ2n) is 7.38. The fourth-order valence-electron chi connectivity index (χ4n) is 3.77. The lowest BCUT2D eigenvalue weighted by atomic mass is 9.97. The molecule has 0 saturated heterocycles. The van der Waals surface area contributed by atoms with Gasteiger partial charge in [-0.1, -0.05) is 48.0 Å². The van der Waals surface area contributed by atoms with Crippen molar-refractivity contribution in [1.29, 1.82) is 0 Å². The predicted octanol–water partition coefficient (Wildman–Crippen LogP) is 6.15. The van der Waals surface area contributed by atoms with Crippen LogP contribution in [0.15, 0.2) is 54.7 Å². The molecule has 0 N–H and O–H groups in total. The van der Waals surface area contributed by atoms with E-state index < -0.39 is 0 Å². The lowest BCUT2D eigenvalue weighted by Gasteiger charge is -2.26. The van der Waals surface area contributed by atoms with Crippen molar-refractivity contribution < 1.29 is 9.53 Å². The number of hydrogen-bond donors (Lipinski definition) is 0. The molecule has 1 aromatic heterocycles. The van der Waals surface area contributed by atoms with Gasteiger partial charge in [-0.15, -0.1) is 0 Å². The largest absolute Gasteiger partial charge is 0.377 e. The van der Waals surface area contributed by atoms with Crippen LogP contribution in [0.5, 0.6) is 0 Å². The maximum absolute atomic E-state index is 12.5. The van der Waals surface area contributed by atoms with Gasteiger partial charge in [-0.05, 0) is 53.4 Å². The molecule has 1 aliphatic heterocycles. The topological polar surface area (TPSA) is 42.4 Å². The number of benzene rings is 2. The van der Waals surface area contributed by atoms with Crippen LogP contribution in [-0.2, 0) is 16.1 Å². The molecule has 1 amide bonds. The first kappa shape index (κ1) is 20.3. The van der Waals surface area contributed by atoms with Crippen LogP contribution in [0.25, 0.3) is 23.4 Å². The molecule has 4 rings (SSSR count). The number of ether oxygens (including phenoxy) is 1. The summed E-state index contributed by atoms with van der Waals surface area (Å²) >= 11 is 6.18. The summed E-state index contributed by atoms with van der Waals surface area (Å²) in [4.78, 5) is 19.0. The zero-order valence-electron chi connectivity index (χ0n) is 17.2. The molecule has 5 heteroatoms. The number of methoxy groups -OCH3 is 1. The van der Waals surface area contributed by atoms with Gasteiger partial charge in [0.15, 0.2) is 0 Å². The van der Waals surface area contributed by atoms with Crippen LogP contribution in [-0.4, -0.2) is 18.0 Å². The van der Waals surface area contributed by atoms with E-state index in [2.05, 4.69) is 18.2 Å². The Bertz CT molecular complexity index is 1140. The molecule has 1 atom stereocenters. The van der Waals surface area contributed by atoms with Gasteiger partial charge in [-0.25, -0.2) is 0 Å². The van der Waals surface area contributed by atoms with Crippen LogP contribution in [0.2, 0.25) is 5.02 Å². The summed E-state index contributed by atoms with van der Waals surface area (Å²) < 4.78 is 5.54. The number of carbonyl (C=O) groups is 1. The number of halogens is 1. The van der Waals surface area contributed by atoms with E-state index in [1.165, 1.54) is 0 Å². The summed E-state index contributed by atoms with van der Waals surface area (Å²) in [6.07, 6.45) is 5.83. The van der Waals surface area contributed by atoms with Crippen LogP contribution in [0.3, 0.4) is 0 Å². The molecule has 2 heterocycles. The third-order valence-corrected chi connectivity index (χ3v) is 5.72. The van der Waals surface area contributed by atoms with Gasteiger partial charge >= 0.3 is 0 Å². The minimum absolute atomic E-state index is 0.0217. The normalized spacial score (nSPS) is 13.8. The molecule has 152 valence electrons. The monoisotopic (exact) mass is 418 g/mol. The fourth-order valence-corrected chi connectivity index (χ4v) is 3.95. The van der Waals surface area contributed by atoms with Gasteiger partial charge in [0.1, 0.15) is 0 Å². The minimum atomic E-state index is -0.0461. The summed E-state index contributed by atoms with van der Waals surface area (Å²) in [5, 5.41) is 0.639.